The Bertz CT molecular complexity index is 283. The normalized spacial score (nSPS) is 12.3. The first kappa shape index (κ1) is 24.4. The third kappa shape index (κ3) is 19.5. The van der Waals surface area contributed by atoms with Gasteiger partial charge in [0, 0.05) is 13.0 Å². The Balaban J connectivity index is 3.16. The van der Waals surface area contributed by atoms with Crippen molar-refractivity contribution in [1.29, 1.82) is 0 Å². The summed E-state index contributed by atoms with van der Waals surface area (Å²) in [6.45, 7) is 10.4. The summed E-state index contributed by atoms with van der Waals surface area (Å²) >= 11 is 0. The van der Waals surface area contributed by atoms with Gasteiger partial charge in [0.1, 0.15) is 6.61 Å². The lowest BCUT2D eigenvalue weighted by Crippen LogP contribution is -2.14. The summed E-state index contributed by atoms with van der Waals surface area (Å²) in [5.41, 5.74) is 0. The quantitative estimate of drug-likeness (QED) is 0.253. The standard InChI is InChI=1S/C20H40O5/c1-4-6-7-8-9-10-11-20(21)25-17-16-23-13-12-22-14-15-24-18-19(3)5-2/h19H,4-18H2,1-3H3. The number of esters is 1. The lowest BCUT2D eigenvalue weighted by Gasteiger charge is -2.10. The molecule has 0 spiro atoms. The third-order valence-electron chi connectivity index (χ3n) is 4.07. The number of unbranched alkanes of at least 4 members (excludes halogenated alkanes) is 5. The highest BCUT2D eigenvalue weighted by molar-refractivity contribution is 5.69. The zero-order valence-corrected chi connectivity index (χ0v) is 16.7. The minimum Gasteiger partial charge on any atom is -0.463 e. The van der Waals surface area contributed by atoms with E-state index in [-0.39, 0.29) is 5.97 Å². The van der Waals surface area contributed by atoms with Gasteiger partial charge in [0.05, 0.1) is 33.0 Å². The molecule has 0 rings (SSSR count). The van der Waals surface area contributed by atoms with Crippen LogP contribution in [0.25, 0.3) is 0 Å². The molecule has 5 nitrogen and oxygen atoms in total. The van der Waals surface area contributed by atoms with Gasteiger partial charge < -0.3 is 18.9 Å². The Kier molecular flexibility index (Phi) is 19.2. The minimum absolute atomic E-state index is 0.117. The number of hydrogen-bond donors (Lipinski definition) is 0. The molecule has 0 aromatic rings. The second kappa shape index (κ2) is 19.7. The van der Waals surface area contributed by atoms with E-state index in [0.29, 0.717) is 52.0 Å². The summed E-state index contributed by atoms with van der Waals surface area (Å²) in [5.74, 6) is 0.487. The van der Waals surface area contributed by atoms with Crippen LogP contribution in [0.4, 0.5) is 0 Å². The first-order valence-electron chi connectivity index (χ1n) is 10.1. The van der Waals surface area contributed by atoms with Crippen molar-refractivity contribution in [1.82, 2.24) is 0 Å². The van der Waals surface area contributed by atoms with Crippen molar-refractivity contribution in [3.05, 3.63) is 0 Å². The largest absolute Gasteiger partial charge is 0.463 e. The van der Waals surface area contributed by atoms with E-state index < -0.39 is 0 Å². The van der Waals surface area contributed by atoms with Crippen LogP contribution in [0.1, 0.15) is 72.1 Å². The molecule has 5 heteroatoms. The Morgan fingerprint density at radius 3 is 1.96 bits per heavy atom. The molecule has 0 N–H and O–H groups in total. The summed E-state index contributed by atoms with van der Waals surface area (Å²) in [5, 5.41) is 0. The predicted molar refractivity (Wildman–Crippen MR) is 101 cm³/mol. The van der Waals surface area contributed by atoms with Gasteiger partial charge in [-0.15, -0.1) is 0 Å². The molecule has 0 heterocycles. The molecule has 0 aromatic carbocycles. The van der Waals surface area contributed by atoms with Crippen molar-refractivity contribution >= 4 is 5.97 Å². The first-order chi connectivity index (χ1) is 12.2. The molecule has 0 bridgehead atoms. The van der Waals surface area contributed by atoms with Gasteiger partial charge in [-0.25, -0.2) is 0 Å². The van der Waals surface area contributed by atoms with Gasteiger partial charge in [0.2, 0.25) is 0 Å². The van der Waals surface area contributed by atoms with Gasteiger partial charge in [-0.2, -0.15) is 0 Å². The van der Waals surface area contributed by atoms with Crippen LogP contribution >= 0.6 is 0 Å². The van der Waals surface area contributed by atoms with Gasteiger partial charge in [0.15, 0.2) is 0 Å². The molecule has 0 amide bonds. The Hall–Kier alpha value is -0.650. The maximum Gasteiger partial charge on any atom is 0.305 e. The van der Waals surface area contributed by atoms with Crippen LogP contribution in [0.3, 0.4) is 0 Å². The van der Waals surface area contributed by atoms with Crippen molar-refractivity contribution in [2.24, 2.45) is 5.92 Å². The Labute approximate surface area is 154 Å². The van der Waals surface area contributed by atoms with Gasteiger partial charge in [-0.05, 0) is 12.3 Å². The van der Waals surface area contributed by atoms with Gasteiger partial charge in [0.25, 0.3) is 0 Å². The van der Waals surface area contributed by atoms with Crippen molar-refractivity contribution in [3.63, 3.8) is 0 Å². The molecular formula is C20H40O5. The van der Waals surface area contributed by atoms with E-state index in [1.807, 2.05) is 0 Å². The SMILES string of the molecule is CCCCCCCCC(=O)OCCOCCOCCOCC(C)CC. The molecule has 150 valence electrons. The number of ether oxygens (including phenoxy) is 4. The van der Waals surface area contributed by atoms with Crippen LogP contribution in [-0.2, 0) is 23.7 Å². The molecule has 0 aromatic heterocycles. The zero-order valence-electron chi connectivity index (χ0n) is 16.7. The molecule has 0 saturated carbocycles. The monoisotopic (exact) mass is 360 g/mol. The average Bonchev–Trinajstić information content (AvgIpc) is 2.62. The minimum atomic E-state index is -0.117. The summed E-state index contributed by atoms with van der Waals surface area (Å²) in [4.78, 5) is 11.5. The molecule has 1 unspecified atom stereocenters. The van der Waals surface area contributed by atoms with E-state index in [1.165, 1.54) is 25.7 Å². The molecular weight excluding hydrogens is 320 g/mol. The van der Waals surface area contributed by atoms with Crippen LogP contribution in [-0.4, -0.2) is 52.2 Å². The van der Waals surface area contributed by atoms with Gasteiger partial charge in [-0.1, -0.05) is 59.3 Å². The average molecular weight is 361 g/mol. The van der Waals surface area contributed by atoms with Crippen LogP contribution in [0.2, 0.25) is 0 Å². The van der Waals surface area contributed by atoms with Crippen LogP contribution in [0.15, 0.2) is 0 Å². The molecule has 0 aliphatic carbocycles. The third-order valence-corrected chi connectivity index (χ3v) is 4.07. The molecule has 0 radical (unpaired) electrons. The van der Waals surface area contributed by atoms with E-state index in [4.69, 9.17) is 18.9 Å². The fraction of sp³-hybridized carbons (Fsp3) is 0.950. The lowest BCUT2D eigenvalue weighted by atomic mass is 10.1. The summed E-state index contributed by atoms with van der Waals surface area (Å²) < 4.78 is 21.4. The lowest BCUT2D eigenvalue weighted by molar-refractivity contribution is -0.145. The molecule has 0 fully saturated rings. The first-order valence-corrected chi connectivity index (χ1v) is 10.1. The van der Waals surface area contributed by atoms with Crippen molar-refractivity contribution in [3.8, 4) is 0 Å². The Morgan fingerprint density at radius 1 is 0.760 bits per heavy atom. The maximum absolute atomic E-state index is 11.5. The summed E-state index contributed by atoms with van der Waals surface area (Å²) in [7, 11) is 0. The van der Waals surface area contributed by atoms with Crippen molar-refractivity contribution < 1.29 is 23.7 Å². The predicted octanol–water partition coefficient (Wildman–Crippen LogP) is 4.38. The highest BCUT2D eigenvalue weighted by Crippen LogP contribution is 2.07. The number of hydrogen-bond acceptors (Lipinski definition) is 5. The summed E-state index contributed by atoms with van der Waals surface area (Å²) in [6.07, 6.45) is 8.72. The fourth-order valence-corrected chi connectivity index (χ4v) is 2.18. The number of rotatable bonds is 19. The highest BCUT2D eigenvalue weighted by Gasteiger charge is 2.02. The fourth-order valence-electron chi connectivity index (χ4n) is 2.18. The Morgan fingerprint density at radius 2 is 1.32 bits per heavy atom. The van der Waals surface area contributed by atoms with Crippen LogP contribution in [0.5, 0.6) is 0 Å². The molecule has 0 saturated heterocycles. The molecule has 25 heavy (non-hydrogen) atoms. The van der Waals surface area contributed by atoms with E-state index in [1.54, 1.807) is 0 Å². The zero-order chi connectivity index (χ0) is 18.6. The van der Waals surface area contributed by atoms with Gasteiger partial charge in [-0.3, -0.25) is 4.79 Å². The van der Waals surface area contributed by atoms with Crippen molar-refractivity contribution in [2.45, 2.75) is 72.1 Å². The second-order valence-electron chi connectivity index (χ2n) is 6.55. The number of carbonyl (C=O) groups excluding carboxylic acids is 1. The van der Waals surface area contributed by atoms with E-state index >= 15 is 0 Å². The molecule has 0 aliphatic heterocycles. The second-order valence-corrected chi connectivity index (χ2v) is 6.55. The topological polar surface area (TPSA) is 54.0 Å². The van der Waals surface area contributed by atoms with Crippen LogP contribution < -0.4 is 0 Å². The molecule has 0 aliphatic rings. The number of carbonyl (C=O) groups is 1. The van der Waals surface area contributed by atoms with E-state index in [0.717, 1.165) is 25.9 Å². The van der Waals surface area contributed by atoms with Crippen LogP contribution in [0, 0.1) is 5.92 Å². The summed E-state index contributed by atoms with van der Waals surface area (Å²) in [6, 6.07) is 0. The van der Waals surface area contributed by atoms with E-state index in [2.05, 4.69) is 20.8 Å². The van der Waals surface area contributed by atoms with Gasteiger partial charge >= 0.3 is 5.97 Å². The van der Waals surface area contributed by atoms with E-state index in [9.17, 15) is 4.79 Å². The highest BCUT2D eigenvalue weighted by atomic mass is 16.6. The smallest absolute Gasteiger partial charge is 0.305 e. The van der Waals surface area contributed by atoms with Crippen molar-refractivity contribution in [2.75, 3.05) is 46.2 Å². The maximum atomic E-state index is 11.5. The molecule has 1 atom stereocenters.